The van der Waals surface area contributed by atoms with Crippen molar-refractivity contribution in [1.82, 2.24) is 10.1 Å². The summed E-state index contributed by atoms with van der Waals surface area (Å²) in [5.74, 6) is 0.114. The number of aromatic hydroxyl groups is 1. The van der Waals surface area contributed by atoms with Gasteiger partial charge in [0.1, 0.15) is 0 Å². The first-order chi connectivity index (χ1) is 13.0. The Labute approximate surface area is 164 Å². The number of rotatable bonds is 3. The zero-order valence-corrected chi connectivity index (χ0v) is 16.1. The molecule has 3 N–H and O–H groups in total. The van der Waals surface area contributed by atoms with Crippen molar-refractivity contribution in [3.8, 4) is 22.8 Å². The van der Waals surface area contributed by atoms with Crippen LogP contribution < -0.4 is 20.3 Å². The van der Waals surface area contributed by atoms with Gasteiger partial charge < -0.3 is 15.2 Å². The number of aromatic nitrogens is 3. The third-order valence-corrected chi connectivity index (χ3v) is 5.22. The maximum absolute atomic E-state index is 12.8. The predicted octanol–water partition coefficient (Wildman–Crippen LogP) is 2.79. The number of phenols is 1. The molecule has 4 rings (SSSR count). The van der Waals surface area contributed by atoms with E-state index in [1.165, 1.54) is 18.9 Å². The molecule has 0 fully saturated rings. The summed E-state index contributed by atoms with van der Waals surface area (Å²) < 4.78 is 6.85. The minimum absolute atomic E-state index is 0.131. The van der Waals surface area contributed by atoms with E-state index in [0.717, 1.165) is 11.3 Å². The fourth-order valence-corrected chi connectivity index (χ4v) is 3.70. The lowest BCUT2D eigenvalue weighted by molar-refractivity contribution is -0.759. The molecular weight excluding hydrogens is 388 g/mol. The average molecular weight is 404 g/mol. The molecule has 0 saturated carbocycles. The van der Waals surface area contributed by atoms with Crippen LogP contribution in [-0.4, -0.2) is 28.6 Å². The van der Waals surface area contributed by atoms with Gasteiger partial charge in [0.15, 0.2) is 11.5 Å². The Kier molecular flexibility index (Phi) is 4.45. The maximum Gasteiger partial charge on any atom is 0.325 e. The first-order valence-corrected chi connectivity index (χ1v) is 9.66. The normalized spacial score (nSPS) is 14.9. The smallest absolute Gasteiger partial charge is 0.325 e. The number of H-pyrrole nitrogens is 1. The molecule has 2 aromatic carbocycles. The highest BCUT2D eigenvalue weighted by atomic mass is 35.5. The van der Waals surface area contributed by atoms with Crippen molar-refractivity contribution < 1.29 is 14.5 Å². The van der Waals surface area contributed by atoms with Crippen LogP contribution >= 0.6 is 23.4 Å². The van der Waals surface area contributed by atoms with Crippen molar-refractivity contribution >= 4 is 29.1 Å². The molecule has 0 amide bonds. The Morgan fingerprint density at radius 2 is 2.11 bits per heavy atom. The summed E-state index contributed by atoms with van der Waals surface area (Å²) >= 11 is 7.52. The van der Waals surface area contributed by atoms with E-state index < -0.39 is 6.17 Å². The summed E-state index contributed by atoms with van der Waals surface area (Å²) in [4.78, 5) is 15.6. The molecule has 0 saturated heterocycles. The van der Waals surface area contributed by atoms with Crippen molar-refractivity contribution in [3.63, 3.8) is 0 Å². The molecule has 27 heavy (non-hydrogen) atoms. The van der Waals surface area contributed by atoms with Gasteiger partial charge in [-0.05, 0) is 35.2 Å². The predicted molar refractivity (Wildman–Crippen MR) is 104 cm³/mol. The third kappa shape index (κ3) is 2.90. The maximum atomic E-state index is 12.8. The van der Waals surface area contributed by atoms with E-state index in [1.807, 2.05) is 30.5 Å². The van der Waals surface area contributed by atoms with Crippen LogP contribution in [0.1, 0.15) is 11.7 Å². The van der Waals surface area contributed by atoms with Gasteiger partial charge in [0.2, 0.25) is 5.16 Å². The molecule has 1 atom stereocenters. The monoisotopic (exact) mass is 403 g/mol. The van der Waals surface area contributed by atoms with Crippen LogP contribution in [0.2, 0.25) is 5.02 Å². The number of ether oxygens (including phenoxy) is 1. The number of para-hydroxylation sites is 1. The molecule has 1 aromatic heterocycles. The zero-order chi connectivity index (χ0) is 19.1. The Morgan fingerprint density at radius 1 is 1.33 bits per heavy atom. The number of halogens is 1. The number of fused-ring (bicyclic) bond motifs is 3. The van der Waals surface area contributed by atoms with Gasteiger partial charge in [0, 0.05) is 10.7 Å². The lowest BCUT2D eigenvalue weighted by atomic mass is 10.0. The molecule has 0 spiro atoms. The standard InChI is InChI=1S/C18H15ClN4O3S/c1-26-13-8-9(7-11(19)15(13)24)16-20-12-6-4-3-5-10(12)14-17(25)21-18(27-2)22-23(14)16/h3-8,16H,1-2H3,(H2,21,22,24,25)/p+1/t16-/m0/s1. The van der Waals surface area contributed by atoms with Crippen LogP contribution in [-0.2, 0) is 0 Å². The van der Waals surface area contributed by atoms with Gasteiger partial charge in [0.25, 0.3) is 6.17 Å². The number of aromatic amines is 1. The van der Waals surface area contributed by atoms with Gasteiger partial charge in [-0.15, -0.1) is 0 Å². The fourth-order valence-electron chi connectivity index (χ4n) is 3.11. The minimum atomic E-state index is -0.505. The van der Waals surface area contributed by atoms with Crippen molar-refractivity contribution in [2.45, 2.75) is 11.3 Å². The molecule has 0 unspecified atom stereocenters. The van der Waals surface area contributed by atoms with E-state index in [9.17, 15) is 9.90 Å². The summed E-state index contributed by atoms with van der Waals surface area (Å²) in [6.45, 7) is 0. The molecule has 1 aliphatic heterocycles. The van der Waals surface area contributed by atoms with Gasteiger partial charge in [0.05, 0.1) is 23.4 Å². The van der Waals surface area contributed by atoms with Crippen LogP contribution in [0.4, 0.5) is 5.69 Å². The number of benzene rings is 2. The van der Waals surface area contributed by atoms with Gasteiger partial charge in [-0.25, -0.2) is 0 Å². The molecule has 1 aliphatic rings. The molecule has 0 radical (unpaired) electrons. The van der Waals surface area contributed by atoms with E-state index >= 15 is 0 Å². The van der Waals surface area contributed by atoms with Crippen LogP contribution in [0.3, 0.4) is 0 Å². The van der Waals surface area contributed by atoms with Gasteiger partial charge in [-0.2, -0.15) is 0 Å². The molecule has 9 heteroatoms. The number of nitrogens with one attached hydrogen (secondary N) is 2. The van der Waals surface area contributed by atoms with Gasteiger partial charge in [-0.1, -0.05) is 35.5 Å². The van der Waals surface area contributed by atoms with Crippen LogP contribution in [0, 0.1) is 0 Å². The average Bonchev–Trinajstić information content (AvgIpc) is 2.68. The summed E-state index contributed by atoms with van der Waals surface area (Å²) in [6.07, 6.45) is 1.33. The van der Waals surface area contributed by atoms with Crippen molar-refractivity contribution in [2.75, 3.05) is 18.7 Å². The highest BCUT2D eigenvalue weighted by Crippen LogP contribution is 2.38. The molecule has 138 valence electrons. The van der Waals surface area contributed by atoms with Gasteiger partial charge in [-0.3, -0.25) is 9.78 Å². The number of hydrogen-bond acceptors (Lipinski definition) is 6. The number of methoxy groups -OCH3 is 1. The number of hydrogen-bond donors (Lipinski definition) is 3. The van der Waals surface area contributed by atoms with E-state index in [1.54, 1.807) is 16.8 Å². The molecule has 2 heterocycles. The Bertz CT molecular complexity index is 1100. The molecule has 7 nitrogen and oxygen atoms in total. The quantitative estimate of drug-likeness (QED) is 0.460. The molecule has 0 bridgehead atoms. The molecule has 0 aliphatic carbocycles. The highest BCUT2D eigenvalue weighted by Gasteiger charge is 2.38. The van der Waals surface area contributed by atoms with Crippen LogP contribution in [0.25, 0.3) is 11.3 Å². The van der Waals surface area contributed by atoms with E-state index in [0.29, 0.717) is 16.4 Å². The second-order valence-corrected chi connectivity index (χ2v) is 7.10. The lowest BCUT2D eigenvalue weighted by Gasteiger charge is -2.22. The second-order valence-electron chi connectivity index (χ2n) is 5.90. The summed E-state index contributed by atoms with van der Waals surface area (Å²) in [5, 5.41) is 18.6. The number of phenolic OH excluding ortho intramolecular Hbond substituents is 1. The van der Waals surface area contributed by atoms with Gasteiger partial charge >= 0.3 is 11.3 Å². The summed E-state index contributed by atoms with van der Waals surface area (Å²) in [5.41, 5.74) is 2.46. The van der Waals surface area contributed by atoms with E-state index in [-0.39, 0.29) is 22.1 Å². The largest absolute Gasteiger partial charge is 0.503 e. The van der Waals surface area contributed by atoms with Crippen LogP contribution in [0.15, 0.2) is 46.3 Å². The zero-order valence-electron chi connectivity index (χ0n) is 14.5. The summed E-state index contributed by atoms with van der Waals surface area (Å²) in [7, 11) is 1.45. The first kappa shape index (κ1) is 17.7. The Morgan fingerprint density at radius 3 is 2.85 bits per heavy atom. The summed E-state index contributed by atoms with van der Waals surface area (Å²) in [6, 6.07) is 10.8. The number of nitrogens with zero attached hydrogens (tertiary/aromatic N) is 2. The first-order valence-electron chi connectivity index (χ1n) is 8.06. The lowest BCUT2D eigenvalue weighted by Crippen LogP contribution is -2.55. The van der Waals surface area contributed by atoms with Crippen LogP contribution in [0.5, 0.6) is 11.5 Å². The van der Waals surface area contributed by atoms with Crippen molar-refractivity contribution in [1.29, 1.82) is 0 Å². The molecular formula is C18H16ClN4O3S+. The Balaban J connectivity index is 1.99. The Hall–Kier alpha value is -2.71. The SMILES string of the molecule is COc1cc([C@H]2Nc3ccccc3-c3c(=O)[nH]c(SC)n[n+]32)cc(Cl)c1O. The number of thioether (sulfide) groups is 1. The highest BCUT2D eigenvalue weighted by molar-refractivity contribution is 7.98. The van der Waals surface area contributed by atoms with E-state index in [2.05, 4.69) is 15.4 Å². The minimum Gasteiger partial charge on any atom is -0.503 e. The molecule has 3 aromatic rings. The topological polar surface area (TPSA) is 91.1 Å². The third-order valence-electron chi connectivity index (χ3n) is 4.36. The van der Waals surface area contributed by atoms with Crippen molar-refractivity contribution in [3.05, 3.63) is 57.3 Å². The second kappa shape index (κ2) is 6.79. The van der Waals surface area contributed by atoms with Crippen molar-refractivity contribution in [2.24, 2.45) is 0 Å². The fraction of sp³-hybridized carbons (Fsp3) is 0.167. The van der Waals surface area contributed by atoms with E-state index in [4.69, 9.17) is 16.3 Å². The number of anilines is 1.